The minimum atomic E-state index is -0.706. The van der Waals surface area contributed by atoms with Crippen molar-refractivity contribution in [3.63, 3.8) is 0 Å². The maximum Gasteiger partial charge on any atom is 0.340 e. The molecule has 0 aliphatic heterocycles. The molecule has 162 valence electrons. The molecule has 8 nitrogen and oxygen atoms in total. The van der Waals surface area contributed by atoms with E-state index in [1.807, 2.05) is 49.6 Å². The normalized spacial score (nSPS) is 11.5. The fourth-order valence-corrected chi connectivity index (χ4v) is 3.06. The number of hydrogen-bond donors (Lipinski definition) is 2. The van der Waals surface area contributed by atoms with Crippen molar-refractivity contribution in [1.29, 1.82) is 0 Å². The maximum atomic E-state index is 12.5. The summed E-state index contributed by atoms with van der Waals surface area (Å²) < 4.78 is 12.3. The minimum Gasteiger partial charge on any atom is -0.497 e. The van der Waals surface area contributed by atoms with Crippen LogP contribution in [0.1, 0.15) is 42.0 Å². The molecule has 0 aliphatic rings. The highest BCUT2D eigenvalue weighted by atomic mass is 16.5. The molecular weight excluding hydrogens is 386 g/mol. The molecule has 1 aromatic heterocycles. The summed E-state index contributed by atoms with van der Waals surface area (Å²) in [6.45, 7) is 7.29. The van der Waals surface area contributed by atoms with Crippen molar-refractivity contribution in [2.75, 3.05) is 20.3 Å². The van der Waals surface area contributed by atoms with E-state index in [-0.39, 0.29) is 5.91 Å². The van der Waals surface area contributed by atoms with Crippen LogP contribution >= 0.6 is 0 Å². The summed E-state index contributed by atoms with van der Waals surface area (Å²) in [5, 5.41) is 5.21. The Morgan fingerprint density at radius 3 is 2.40 bits per heavy atom. The first-order valence-electron chi connectivity index (χ1n) is 9.86. The van der Waals surface area contributed by atoms with Crippen molar-refractivity contribution in [2.24, 2.45) is 0 Å². The van der Waals surface area contributed by atoms with Gasteiger partial charge in [-0.05, 0) is 57.5 Å². The monoisotopic (exact) mass is 415 g/mol. The molecule has 0 fully saturated rings. The van der Waals surface area contributed by atoms with Gasteiger partial charge in [-0.1, -0.05) is 6.92 Å². The Balaban J connectivity index is 2.00. The average Bonchev–Trinajstić information content (AvgIpc) is 3.04. The fourth-order valence-electron chi connectivity index (χ4n) is 3.06. The summed E-state index contributed by atoms with van der Waals surface area (Å²) in [6.07, 6.45) is 0.805. The fraction of sp³-hybridized carbons (Fsp3) is 0.409. The third-order valence-electron chi connectivity index (χ3n) is 4.64. The molecule has 0 spiro atoms. The number of carbonyl (C=O) groups is 3. The molecule has 0 unspecified atom stereocenters. The smallest absolute Gasteiger partial charge is 0.340 e. The van der Waals surface area contributed by atoms with Gasteiger partial charge in [-0.15, -0.1) is 0 Å². The largest absolute Gasteiger partial charge is 0.497 e. The van der Waals surface area contributed by atoms with Crippen molar-refractivity contribution in [1.82, 2.24) is 15.2 Å². The first-order chi connectivity index (χ1) is 14.3. The van der Waals surface area contributed by atoms with Gasteiger partial charge >= 0.3 is 5.97 Å². The Hall–Kier alpha value is -3.29. The number of aromatic nitrogens is 1. The number of carbonyl (C=O) groups excluding carboxylic acids is 3. The van der Waals surface area contributed by atoms with Gasteiger partial charge in [0.1, 0.15) is 11.8 Å². The lowest BCUT2D eigenvalue weighted by Crippen LogP contribution is -2.46. The van der Waals surface area contributed by atoms with E-state index in [0.29, 0.717) is 17.8 Å². The lowest BCUT2D eigenvalue weighted by Gasteiger charge is -2.14. The van der Waals surface area contributed by atoms with Gasteiger partial charge in [0.05, 0.1) is 12.7 Å². The van der Waals surface area contributed by atoms with E-state index in [1.165, 1.54) is 0 Å². The average molecular weight is 415 g/mol. The van der Waals surface area contributed by atoms with Crippen LogP contribution in [-0.2, 0) is 14.3 Å². The first kappa shape index (κ1) is 23.0. The summed E-state index contributed by atoms with van der Waals surface area (Å²) in [4.78, 5) is 36.3. The number of benzene rings is 1. The Kier molecular flexibility index (Phi) is 8.03. The zero-order chi connectivity index (χ0) is 22.3. The topological polar surface area (TPSA) is 98.7 Å². The minimum absolute atomic E-state index is 0.278. The molecule has 0 saturated heterocycles. The number of ether oxygens (including phenoxy) is 2. The molecule has 2 aromatic rings. The number of esters is 1. The van der Waals surface area contributed by atoms with Gasteiger partial charge in [-0.25, -0.2) is 4.79 Å². The van der Waals surface area contributed by atoms with Gasteiger partial charge in [0, 0.05) is 23.6 Å². The summed E-state index contributed by atoms with van der Waals surface area (Å²) in [5.41, 5.74) is 2.82. The highest BCUT2D eigenvalue weighted by Crippen LogP contribution is 2.23. The van der Waals surface area contributed by atoms with Crippen LogP contribution in [0.3, 0.4) is 0 Å². The first-order valence-corrected chi connectivity index (χ1v) is 9.86. The van der Waals surface area contributed by atoms with Crippen molar-refractivity contribution in [2.45, 2.75) is 40.2 Å². The molecule has 0 bridgehead atoms. The molecule has 0 saturated carbocycles. The van der Waals surface area contributed by atoms with Crippen molar-refractivity contribution < 1.29 is 23.9 Å². The van der Waals surface area contributed by atoms with Crippen LogP contribution in [0.25, 0.3) is 5.69 Å². The highest BCUT2D eigenvalue weighted by molar-refractivity contribution is 5.93. The Bertz CT molecular complexity index is 902. The summed E-state index contributed by atoms with van der Waals surface area (Å²) >= 11 is 0. The Labute approximate surface area is 176 Å². The van der Waals surface area contributed by atoms with Crippen molar-refractivity contribution >= 4 is 17.8 Å². The van der Waals surface area contributed by atoms with E-state index in [4.69, 9.17) is 9.47 Å². The third-order valence-corrected chi connectivity index (χ3v) is 4.64. The number of rotatable bonds is 9. The zero-order valence-corrected chi connectivity index (χ0v) is 18.1. The van der Waals surface area contributed by atoms with E-state index in [0.717, 1.165) is 23.6 Å². The number of aryl methyl sites for hydroxylation is 1. The van der Waals surface area contributed by atoms with Gasteiger partial charge in [0.25, 0.3) is 5.91 Å². The molecule has 0 aliphatic carbocycles. The quantitative estimate of drug-likeness (QED) is 0.613. The summed E-state index contributed by atoms with van der Waals surface area (Å²) in [6, 6.07) is 8.49. The van der Waals surface area contributed by atoms with E-state index in [2.05, 4.69) is 10.6 Å². The Morgan fingerprint density at radius 1 is 1.13 bits per heavy atom. The number of hydrogen-bond acceptors (Lipinski definition) is 5. The predicted octanol–water partition coefficient (Wildman–Crippen LogP) is 2.29. The van der Waals surface area contributed by atoms with E-state index in [1.54, 1.807) is 20.1 Å². The Morgan fingerprint density at radius 2 is 1.80 bits per heavy atom. The van der Waals surface area contributed by atoms with Crippen molar-refractivity contribution in [3.8, 4) is 11.4 Å². The van der Waals surface area contributed by atoms with Gasteiger partial charge in [0.2, 0.25) is 5.91 Å². The van der Waals surface area contributed by atoms with Crippen LogP contribution in [0.4, 0.5) is 0 Å². The molecule has 0 radical (unpaired) electrons. The van der Waals surface area contributed by atoms with Crippen LogP contribution in [0, 0.1) is 13.8 Å². The van der Waals surface area contributed by atoms with Gasteiger partial charge < -0.3 is 24.7 Å². The third kappa shape index (κ3) is 5.62. The molecule has 1 heterocycles. The van der Waals surface area contributed by atoms with Crippen LogP contribution in [-0.4, -0.2) is 48.7 Å². The maximum absolute atomic E-state index is 12.5. The molecule has 8 heteroatoms. The number of nitrogens with one attached hydrogen (secondary N) is 2. The second kappa shape index (κ2) is 10.5. The lowest BCUT2D eigenvalue weighted by molar-refractivity contribution is -0.130. The predicted molar refractivity (Wildman–Crippen MR) is 113 cm³/mol. The molecular formula is C22H29N3O5. The van der Waals surface area contributed by atoms with Crippen molar-refractivity contribution in [3.05, 3.63) is 47.3 Å². The number of nitrogens with zero attached hydrogens (tertiary/aromatic N) is 1. The van der Waals surface area contributed by atoms with Gasteiger partial charge in [-0.3, -0.25) is 9.59 Å². The zero-order valence-electron chi connectivity index (χ0n) is 18.1. The summed E-state index contributed by atoms with van der Waals surface area (Å²) in [5.74, 6) is -0.670. The SMILES string of the molecule is CCCNC(=O)[C@H](C)NC(=O)COC(=O)c1cc(C)n(-c2ccc(OC)cc2)c1C. The van der Waals surface area contributed by atoms with Crippen LogP contribution in [0.2, 0.25) is 0 Å². The van der Waals surface area contributed by atoms with Gasteiger partial charge in [0.15, 0.2) is 6.61 Å². The molecule has 30 heavy (non-hydrogen) atoms. The van der Waals surface area contributed by atoms with Crippen LogP contribution in [0.15, 0.2) is 30.3 Å². The van der Waals surface area contributed by atoms with E-state index in [9.17, 15) is 14.4 Å². The summed E-state index contributed by atoms with van der Waals surface area (Å²) in [7, 11) is 1.60. The second-order valence-electron chi connectivity index (χ2n) is 6.97. The number of amides is 2. The van der Waals surface area contributed by atoms with E-state index < -0.39 is 24.5 Å². The van der Waals surface area contributed by atoms with Gasteiger partial charge in [-0.2, -0.15) is 0 Å². The van der Waals surface area contributed by atoms with E-state index >= 15 is 0 Å². The molecule has 1 atom stereocenters. The highest BCUT2D eigenvalue weighted by Gasteiger charge is 2.20. The van der Waals surface area contributed by atoms with Crippen LogP contribution in [0.5, 0.6) is 5.75 Å². The molecule has 2 N–H and O–H groups in total. The standard InChI is InChI=1S/C22H29N3O5/c1-6-11-23-21(27)15(3)24-20(26)13-30-22(28)19-12-14(2)25(16(19)4)17-7-9-18(29-5)10-8-17/h7-10,12,15H,6,11,13H2,1-5H3,(H,23,27)(H,24,26)/t15-/m0/s1. The number of methoxy groups -OCH3 is 1. The molecule has 2 amide bonds. The van der Waals surface area contributed by atoms with Crippen LogP contribution < -0.4 is 15.4 Å². The second-order valence-corrected chi connectivity index (χ2v) is 6.97. The molecule has 1 aromatic carbocycles. The lowest BCUT2D eigenvalue weighted by atomic mass is 10.2. The molecule has 2 rings (SSSR count).